The Bertz CT molecular complexity index is 285. The maximum absolute atomic E-state index is 10.9. The first-order chi connectivity index (χ1) is 6.89. The van der Waals surface area contributed by atoms with Gasteiger partial charge in [-0.1, -0.05) is 5.92 Å². The van der Waals surface area contributed by atoms with Crippen molar-refractivity contribution in [1.29, 1.82) is 0 Å². The number of hydrogen-bond donors (Lipinski definition) is 0. The molecule has 0 N–H and O–H groups in total. The molecule has 0 amide bonds. The quantitative estimate of drug-likeness (QED) is 0.519. The molecule has 0 aromatic rings. The van der Waals surface area contributed by atoms with E-state index in [1.54, 1.807) is 13.8 Å². The molecular weight excluding hydrogens is 196 g/mol. The highest BCUT2D eigenvalue weighted by atomic mass is 16.7. The molecule has 1 aliphatic rings. The molecule has 15 heavy (non-hydrogen) atoms. The van der Waals surface area contributed by atoms with E-state index in [9.17, 15) is 4.79 Å². The van der Waals surface area contributed by atoms with Crippen LogP contribution in [0.4, 0.5) is 0 Å². The Kier molecular flexibility index (Phi) is 3.38. The minimum atomic E-state index is -0.981. The second-order valence-electron chi connectivity index (χ2n) is 3.98. The van der Waals surface area contributed by atoms with Gasteiger partial charge in [-0.25, -0.2) is 0 Å². The highest BCUT2D eigenvalue weighted by Crippen LogP contribution is 2.30. The summed E-state index contributed by atoms with van der Waals surface area (Å²) in [5, 5.41) is 0. The van der Waals surface area contributed by atoms with Crippen LogP contribution < -0.4 is 0 Å². The van der Waals surface area contributed by atoms with E-state index in [4.69, 9.17) is 20.6 Å². The van der Waals surface area contributed by atoms with Crippen LogP contribution >= 0.6 is 0 Å². The predicted molar refractivity (Wildman–Crippen MR) is 53.9 cm³/mol. The standard InChI is InChI=1S/C11H16O4/c1-5-10(3,15-9(2)12)8-11(4)13-6-7-14-11/h1H,6-8H2,2-4H3. The zero-order valence-corrected chi connectivity index (χ0v) is 9.33. The fourth-order valence-corrected chi connectivity index (χ4v) is 1.71. The van der Waals surface area contributed by atoms with Crippen LogP contribution in [0, 0.1) is 12.3 Å². The molecule has 1 aliphatic heterocycles. The lowest BCUT2D eigenvalue weighted by Crippen LogP contribution is -2.40. The minimum Gasteiger partial charge on any atom is -0.446 e. The molecule has 1 saturated heterocycles. The molecule has 84 valence electrons. The summed E-state index contributed by atoms with van der Waals surface area (Å²) >= 11 is 0. The lowest BCUT2D eigenvalue weighted by molar-refractivity contribution is -0.184. The van der Waals surface area contributed by atoms with Gasteiger partial charge in [-0.3, -0.25) is 4.79 Å². The summed E-state index contributed by atoms with van der Waals surface area (Å²) < 4.78 is 15.9. The molecular formula is C11H16O4. The summed E-state index contributed by atoms with van der Waals surface area (Å²) in [6.07, 6.45) is 5.68. The van der Waals surface area contributed by atoms with Crippen molar-refractivity contribution >= 4 is 5.97 Å². The van der Waals surface area contributed by atoms with Crippen LogP contribution in [-0.2, 0) is 19.0 Å². The molecule has 4 heteroatoms. The van der Waals surface area contributed by atoms with Crippen molar-refractivity contribution in [2.75, 3.05) is 13.2 Å². The summed E-state index contributed by atoms with van der Waals surface area (Å²) in [5.74, 6) is 1.30. The van der Waals surface area contributed by atoms with Gasteiger partial charge < -0.3 is 14.2 Å². The van der Waals surface area contributed by atoms with Crippen LogP contribution in [0.3, 0.4) is 0 Å². The molecule has 0 aliphatic carbocycles. The van der Waals surface area contributed by atoms with Crippen LogP contribution in [0.15, 0.2) is 0 Å². The summed E-state index contributed by atoms with van der Waals surface area (Å²) in [7, 11) is 0. The first-order valence-corrected chi connectivity index (χ1v) is 4.84. The Labute approximate surface area is 89.9 Å². The van der Waals surface area contributed by atoms with Crippen molar-refractivity contribution < 1.29 is 19.0 Å². The molecule has 1 fully saturated rings. The minimum absolute atomic E-state index is 0.329. The fourth-order valence-electron chi connectivity index (χ4n) is 1.71. The van der Waals surface area contributed by atoms with E-state index in [-0.39, 0.29) is 0 Å². The second kappa shape index (κ2) is 4.21. The topological polar surface area (TPSA) is 44.8 Å². The molecule has 0 radical (unpaired) electrons. The summed E-state index contributed by atoms with van der Waals surface area (Å²) in [4.78, 5) is 10.9. The molecule has 0 aromatic heterocycles. The number of carbonyl (C=O) groups is 1. The molecule has 1 heterocycles. The second-order valence-corrected chi connectivity index (χ2v) is 3.98. The van der Waals surface area contributed by atoms with Gasteiger partial charge >= 0.3 is 5.97 Å². The molecule has 1 unspecified atom stereocenters. The molecule has 1 rings (SSSR count). The van der Waals surface area contributed by atoms with Crippen LogP contribution in [-0.4, -0.2) is 30.6 Å². The molecule has 0 aromatic carbocycles. The number of esters is 1. The number of carbonyl (C=O) groups excluding carboxylic acids is 1. The van der Waals surface area contributed by atoms with Gasteiger partial charge in [0.1, 0.15) is 0 Å². The van der Waals surface area contributed by atoms with Gasteiger partial charge in [0, 0.05) is 6.92 Å². The van der Waals surface area contributed by atoms with Gasteiger partial charge in [0.05, 0.1) is 19.6 Å². The highest BCUT2D eigenvalue weighted by molar-refractivity contribution is 5.67. The van der Waals surface area contributed by atoms with Gasteiger partial charge in [0.2, 0.25) is 0 Å². The van der Waals surface area contributed by atoms with Crippen molar-refractivity contribution in [3.8, 4) is 12.3 Å². The van der Waals surface area contributed by atoms with Gasteiger partial charge in [-0.05, 0) is 13.8 Å². The summed E-state index contributed by atoms with van der Waals surface area (Å²) in [6, 6.07) is 0. The van der Waals surface area contributed by atoms with Crippen molar-refractivity contribution in [3.05, 3.63) is 0 Å². The number of ether oxygens (including phenoxy) is 3. The summed E-state index contributed by atoms with van der Waals surface area (Å²) in [6.45, 7) is 5.87. The Morgan fingerprint density at radius 2 is 2.13 bits per heavy atom. The lowest BCUT2D eigenvalue weighted by atomic mass is 9.97. The average Bonchev–Trinajstić information content (AvgIpc) is 2.50. The normalized spacial score (nSPS) is 22.8. The third-order valence-electron chi connectivity index (χ3n) is 2.23. The Morgan fingerprint density at radius 1 is 1.60 bits per heavy atom. The molecule has 0 saturated carbocycles. The Balaban J connectivity index is 2.67. The first kappa shape index (κ1) is 12.0. The SMILES string of the molecule is C#CC(C)(CC1(C)OCCO1)OC(C)=O. The zero-order valence-electron chi connectivity index (χ0n) is 9.33. The summed E-state index contributed by atoms with van der Waals surface area (Å²) in [5.41, 5.74) is -0.981. The number of rotatable bonds is 3. The third-order valence-corrected chi connectivity index (χ3v) is 2.23. The van der Waals surface area contributed by atoms with Crippen LogP contribution in [0.5, 0.6) is 0 Å². The van der Waals surface area contributed by atoms with Gasteiger partial charge in [0.25, 0.3) is 0 Å². The smallest absolute Gasteiger partial charge is 0.304 e. The third kappa shape index (κ3) is 3.22. The molecule has 0 bridgehead atoms. The maximum Gasteiger partial charge on any atom is 0.304 e. The van der Waals surface area contributed by atoms with Crippen LogP contribution in [0.1, 0.15) is 27.2 Å². The largest absolute Gasteiger partial charge is 0.446 e. The molecule has 0 spiro atoms. The molecule has 1 atom stereocenters. The van der Waals surface area contributed by atoms with Gasteiger partial charge in [-0.15, -0.1) is 6.42 Å². The van der Waals surface area contributed by atoms with Crippen molar-refractivity contribution in [2.24, 2.45) is 0 Å². The Morgan fingerprint density at radius 3 is 2.53 bits per heavy atom. The van der Waals surface area contributed by atoms with Crippen LogP contribution in [0.2, 0.25) is 0 Å². The van der Waals surface area contributed by atoms with E-state index in [2.05, 4.69) is 5.92 Å². The van der Waals surface area contributed by atoms with Crippen molar-refractivity contribution in [2.45, 2.75) is 38.6 Å². The van der Waals surface area contributed by atoms with E-state index < -0.39 is 17.4 Å². The van der Waals surface area contributed by atoms with E-state index in [1.807, 2.05) is 0 Å². The Hall–Kier alpha value is -1.05. The highest BCUT2D eigenvalue weighted by Gasteiger charge is 2.40. The van der Waals surface area contributed by atoms with Crippen molar-refractivity contribution in [1.82, 2.24) is 0 Å². The van der Waals surface area contributed by atoms with Crippen LogP contribution in [0.25, 0.3) is 0 Å². The van der Waals surface area contributed by atoms with Crippen molar-refractivity contribution in [3.63, 3.8) is 0 Å². The zero-order chi connectivity index (χ0) is 11.5. The lowest BCUT2D eigenvalue weighted by Gasteiger charge is -2.31. The van der Waals surface area contributed by atoms with E-state index in [0.717, 1.165) is 0 Å². The van der Waals surface area contributed by atoms with E-state index in [1.165, 1.54) is 6.92 Å². The van der Waals surface area contributed by atoms with Gasteiger partial charge in [0.15, 0.2) is 11.4 Å². The average molecular weight is 212 g/mol. The maximum atomic E-state index is 10.9. The fraction of sp³-hybridized carbons (Fsp3) is 0.727. The predicted octanol–water partition coefficient (Wildman–Crippen LogP) is 1.09. The van der Waals surface area contributed by atoms with E-state index in [0.29, 0.717) is 19.6 Å². The monoisotopic (exact) mass is 212 g/mol. The molecule has 4 nitrogen and oxygen atoms in total. The first-order valence-electron chi connectivity index (χ1n) is 4.84. The van der Waals surface area contributed by atoms with Gasteiger partial charge in [-0.2, -0.15) is 0 Å². The number of hydrogen-bond acceptors (Lipinski definition) is 4. The number of terminal acetylenes is 1. The van der Waals surface area contributed by atoms with E-state index >= 15 is 0 Å².